The molecule has 102 valence electrons. The molecule has 2 unspecified atom stereocenters. The summed E-state index contributed by atoms with van der Waals surface area (Å²) in [5.74, 6) is -1.19. The standard InChI is InChI=1S/C13H16N2O4/c1-8-3-4-10(15(18)19)5-12(8)14-6-9(2)11(7-14)13(16)17/h3-5,9,11H,6-7H2,1-2H3,(H,16,17). The zero-order valence-corrected chi connectivity index (χ0v) is 10.9. The Morgan fingerprint density at radius 1 is 1.47 bits per heavy atom. The molecule has 1 fully saturated rings. The van der Waals surface area contributed by atoms with Crippen molar-refractivity contribution in [2.24, 2.45) is 11.8 Å². The maximum atomic E-state index is 11.1. The number of carbonyl (C=O) groups is 1. The number of anilines is 1. The molecule has 6 heteroatoms. The molecule has 0 amide bonds. The molecule has 2 rings (SSSR count). The van der Waals surface area contributed by atoms with Crippen LogP contribution >= 0.6 is 0 Å². The predicted octanol–water partition coefficient (Wildman–Crippen LogP) is 2.06. The minimum atomic E-state index is -0.807. The SMILES string of the molecule is Cc1ccc([N+](=O)[O-])cc1N1CC(C)C(C(=O)O)C1. The van der Waals surface area contributed by atoms with Crippen molar-refractivity contribution in [3.05, 3.63) is 33.9 Å². The van der Waals surface area contributed by atoms with E-state index in [1.165, 1.54) is 12.1 Å². The van der Waals surface area contributed by atoms with Crippen LogP contribution in [0.4, 0.5) is 11.4 Å². The van der Waals surface area contributed by atoms with Gasteiger partial charge in [-0.3, -0.25) is 14.9 Å². The van der Waals surface area contributed by atoms with Crippen LogP contribution in [0.3, 0.4) is 0 Å². The van der Waals surface area contributed by atoms with Crippen LogP contribution in [0.5, 0.6) is 0 Å². The fraction of sp³-hybridized carbons (Fsp3) is 0.462. The highest BCUT2D eigenvalue weighted by Crippen LogP contribution is 2.32. The third kappa shape index (κ3) is 2.52. The lowest BCUT2D eigenvalue weighted by molar-refractivity contribution is -0.384. The molecule has 1 heterocycles. The Hall–Kier alpha value is -2.11. The Morgan fingerprint density at radius 3 is 2.68 bits per heavy atom. The van der Waals surface area contributed by atoms with E-state index in [1.54, 1.807) is 6.07 Å². The molecule has 1 aliphatic heterocycles. The summed E-state index contributed by atoms with van der Waals surface area (Å²) in [6.45, 7) is 4.78. The van der Waals surface area contributed by atoms with E-state index in [2.05, 4.69) is 0 Å². The summed E-state index contributed by atoms with van der Waals surface area (Å²) in [6.07, 6.45) is 0. The van der Waals surface area contributed by atoms with Crippen molar-refractivity contribution < 1.29 is 14.8 Å². The first-order valence-corrected chi connectivity index (χ1v) is 6.13. The molecule has 1 N–H and O–H groups in total. The van der Waals surface area contributed by atoms with Crippen LogP contribution in [0.25, 0.3) is 0 Å². The molecule has 2 atom stereocenters. The molecule has 6 nitrogen and oxygen atoms in total. The smallest absolute Gasteiger partial charge is 0.308 e. The molecular weight excluding hydrogens is 248 g/mol. The molecule has 0 saturated carbocycles. The number of carboxylic acid groups (broad SMARTS) is 1. The van der Waals surface area contributed by atoms with Gasteiger partial charge in [-0.25, -0.2) is 0 Å². The lowest BCUT2D eigenvalue weighted by Crippen LogP contribution is -2.23. The Balaban J connectivity index is 2.30. The largest absolute Gasteiger partial charge is 0.481 e. The number of aryl methyl sites for hydroxylation is 1. The minimum Gasteiger partial charge on any atom is -0.481 e. The van der Waals surface area contributed by atoms with Gasteiger partial charge in [-0.1, -0.05) is 13.0 Å². The highest BCUT2D eigenvalue weighted by molar-refractivity contribution is 5.73. The van der Waals surface area contributed by atoms with Crippen LogP contribution in [0, 0.1) is 28.9 Å². The Labute approximate surface area is 110 Å². The van der Waals surface area contributed by atoms with Gasteiger partial charge in [0.25, 0.3) is 5.69 Å². The van der Waals surface area contributed by atoms with Crippen molar-refractivity contribution in [3.63, 3.8) is 0 Å². The van der Waals surface area contributed by atoms with E-state index < -0.39 is 16.8 Å². The lowest BCUT2D eigenvalue weighted by Gasteiger charge is -2.20. The molecule has 0 spiro atoms. The second kappa shape index (κ2) is 4.87. The maximum absolute atomic E-state index is 11.1. The number of hydrogen-bond donors (Lipinski definition) is 1. The van der Waals surface area contributed by atoms with Crippen LogP contribution in [0.15, 0.2) is 18.2 Å². The van der Waals surface area contributed by atoms with Gasteiger partial charge < -0.3 is 10.0 Å². The summed E-state index contributed by atoms with van der Waals surface area (Å²) in [5.41, 5.74) is 1.71. The Bertz CT molecular complexity index is 529. The molecule has 0 aliphatic carbocycles. The van der Waals surface area contributed by atoms with Gasteiger partial charge in [-0.15, -0.1) is 0 Å². The highest BCUT2D eigenvalue weighted by Gasteiger charge is 2.35. The number of nitro groups is 1. The quantitative estimate of drug-likeness (QED) is 0.667. The van der Waals surface area contributed by atoms with Crippen molar-refractivity contribution in [1.82, 2.24) is 0 Å². The van der Waals surface area contributed by atoms with E-state index in [9.17, 15) is 14.9 Å². The van der Waals surface area contributed by atoms with Crippen LogP contribution in [-0.4, -0.2) is 29.1 Å². The van der Waals surface area contributed by atoms with E-state index in [1.807, 2.05) is 18.7 Å². The van der Waals surface area contributed by atoms with E-state index in [-0.39, 0.29) is 11.6 Å². The second-order valence-electron chi connectivity index (χ2n) is 5.05. The first-order valence-electron chi connectivity index (χ1n) is 6.13. The zero-order valence-electron chi connectivity index (χ0n) is 10.9. The summed E-state index contributed by atoms with van der Waals surface area (Å²) < 4.78 is 0. The van der Waals surface area contributed by atoms with Gasteiger partial charge in [0.05, 0.1) is 10.8 Å². The maximum Gasteiger partial charge on any atom is 0.308 e. The molecule has 19 heavy (non-hydrogen) atoms. The van der Waals surface area contributed by atoms with E-state index >= 15 is 0 Å². The molecule has 1 aromatic carbocycles. The molecule has 1 saturated heterocycles. The van der Waals surface area contributed by atoms with Crippen molar-refractivity contribution >= 4 is 17.3 Å². The summed E-state index contributed by atoms with van der Waals surface area (Å²) in [5, 5.41) is 19.9. The Morgan fingerprint density at radius 2 is 2.16 bits per heavy atom. The van der Waals surface area contributed by atoms with Crippen LogP contribution in [-0.2, 0) is 4.79 Å². The van der Waals surface area contributed by atoms with Gasteiger partial charge in [-0.05, 0) is 18.4 Å². The van der Waals surface area contributed by atoms with Gasteiger partial charge in [0.2, 0.25) is 0 Å². The third-order valence-electron chi connectivity index (χ3n) is 3.67. The number of benzene rings is 1. The first kappa shape index (κ1) is 13.3. The minimum absolute atomic E-state index is 0.0343. The number of aliphatic carboxylic acids is 1. The van der Waals surface area contributed by atoms with E-state index in [0.29, 0.717) is 13.1 Å². The number of non-ortho nitro benzene ring substituents is 1. The summed E-state index contributed by atoms with van der Waals surface area (Å²) >= 11 is 0. The first-order chi connectivity index (χ1) is 8.90. The fourth-order valence-corrected chi connectivity index (χ4v) is 2.54. The number of hydrogen-bond acceptors (Lipinski definition) is 4. The van der Waals surface area contributed by atoms with Crippen molar-refractivity contribution in [2.45, 2.75) is 13.8 Å². The topological polar surface area (TPSA) is 83.7 Å². The van der Waals surface area contributed by atoms with Crippen molar-refractivity contribution in [2.75, 3.05) is 18.0 Å². The molecule has 1 aliphatic rings. The Kier molecular flexibility index (Phi) is 3.42. The number of carboxylic acids is 1. The summed E-state index contributed by atoms with van der Waals surface area (Å²) in [7, 11) is 0. The van der Waals surface area contributed by atoms with E-state index in [0.717, 1.165) is 11.3 Å². The highest BCUT2D eigenvalue weighted by atomic mass is 16.6. The molecule has 0 bridgehead atoms. The second-order valence-corrected chi connectivity index (χ2v) is 5.05. The average molecular weight is 264 g/mol. The normalized spacial score (nSPS) is 22.5. The lowest BCUT2D eigenvalue weighted by atomic mass is 9.99. The average Bonchev–Trinajstić information content (AvgIpc) is 2.71. The monoisotopic (exact) mass is 264 g/mol. The number of nitro benzene ring substituents is 1. The molecular formula is C13H16N2O4. The van der Waals surface area contributed by atoms with Crippen LogP contribution in [0.2, 0.25) is 0 Å². The fourth-order valence-electron chi connectivity index (χ4n) is 2.54. The molecule has 0 radical (unpaired) electrons. The summed E-state index contributed by atoms with van der Waals surface area (Å²) in [6, 6.07) is 4.69. The van der Waals surface area contributed by atoms with Crippen LogP contribution in [0.1, 0.15) is 12.5 Å². The van der Waals surface area contributed by atoms with Gasteiger partial charge in [0.15, 0.2) is 0 Å². The van der Waals surface area contributed by atoms with Crippen LogP contribution < -0.4 is 4.90 Å². The van der Waals surface area contributed by atoms with Gasteiger partial charge in [0, 0.05) is 30.9 Å². The molecule has 0 aromatic heterocycles. The number of nitrogens with zero attached hydrogens (tertiary/aromatic N) is 2. The van der Waals surface area contributed by atoms with Gasteiger partial charge in [-0.2, -0.15) is 0 Å². The van der Waals surface area contributed by atoms with Crippen molar-refractivity contribution in [3.8, 4) is 0 Å². The molecule has 1 aromatic rings. The predicted molar refractivity (Wildman–Crippen MR) is 70.3 cm³/mol. The summed E-state index contributed by atoms with van der Waals surface area (Å²) in [4.78, 5) is 23.4. The van der Waals surface area contributed by atoms with Crippen molar-refractivity contribution in [1.29, 1.82) is 0 Å². The van der Waals surface area contributed by atoms with Gasteiger partial charge >= 0.3 is 5.97 Å². The van der Waals surface area contributed by atoms with Gasteiger partial charge in [0.1, 0.15) is 0 Å². The van der Waals surface area contributed by atoms with E-state index in [4.69, 9.17) is 5.11 Å². The number of rotatable bonds is 3. The third-order valence-corrected chi connectivity index (χ3v) is 3.67. The zero-order chi connectivity index (χ0) is 14.2.